The van der Waals surface area contributed by atoms with Gasteiger partial charge in [0.1, 0.15) is 0 Å². The molecule has 0 aliphatic carbocycles. The third-order valence-electron chi connectivity index (χ3n) is 5.35. The van der Waals surface area contributed by atoms with Crippen molar-refractivity contribution >= 4 is 35.6 Å². The lowest BCUT2D eigenvalue weighted by molar-refractivity contribution is 0.155. The van der Waals surface area contributed by atoms with Crippen molar-refractivity contribution in [2.75, 3.05) is 58.9 Å². The van der Waals surface area contributed by atoms with Gasteiger partial charge in [-0.25, -0.2) is 4.99 Å². The van der Waals surface area contributed by atoms with Gasteiger partial charge in [0.25, 0.3) is 0 Å². The summed E-state index contributed by atoms with van der Waals surface area (Å²) in [5.41, 5.74) is 3.79. The molecular weight excluding hydrogens is 477 g/mol. The molecular formula is C22H40IN5O. The third kappa shape index (κ3) is 9.09. The van der Waals surface area contributed by atoms with Gasteiger partial charge in [-0.15, -0.1) is 24.0 Å². The van der Waals surface area contributed by atoms with Crippen LogP contribution in [-0.4, -0.2) is 70.9 Å². The highest BCUT2D eigenvalue weighted by Crippen LogP contribution is 2.18. The monoisotopic (exact) mass is 517 g/mol. The van der Waals surface area contributed by atoms with Gasteiger partial charge in [-0.05, 0) is 56.4 Å². The summed E-state index contributed by atoms with van der Waals surface area (Å²) in [4.78, 5) is 9.51. The number of guanidine groups is 1. The van der Waals surface area contributed by atoms with Crippen LogP contribution in [0.25, 0.3) is 0 Å². The molecule has 1 fully saturated rings. The number of anilines is 1. The molecule has 2 rings (SSSR count). The normalized spacial score (nSPS) is 15.7. The van der Waals surface area contributed by atoms with E-state index in [9.17, 15) is 0 Å². The largest absolute Gasteiger partial charge is 0.385 e. The van der Waals surface area contributed by atoms with Crippen molar-refractivity contribution in [2.45, 2.75) is 45.7 Å². The fourth-order valence-corrected chi connectivity index (χ4v) is 3.55. The highest BCUT2D eigenvalue weighted by Gasteiger charge is 2.19. The average molecular weight is 518 g/mol. The van der Waals surface area contributed by atoms with Crippen LogP contribution in [0.1, 0.15) is 37.3 Å². The van der Waals surface area contributed by atoms with Crippen molar-refractivity contribution in [1.29, 1.82) is 0 Å². The first-order valence-corrected chi connectivity index (χ1v) is 10.6. The standard InChI is InChI=1S/C22H39N5O.HI/c1-6-23-22(24-17-19-8-9-21(26(3)4)16-18(19)2)25-20-10-13-27(14-11-20)12-7-15-28-5;/h8-9,16,20H,6-7,10-15,17H2,1-5H3,(H2,23,24,25);1H. The highest BCUT2D eigenvalue weighted by molar-refractivity contribution is 14.0. The number of benzene rings is 1. The summed E-state index contributed by atoms with van der Waals surface area (Å²) in [5, 5.41) is 7.05. The van der Waals surface area contributed by atoms with Crippen LogP contribution in [-0.2, 0) is 11.3 Å². The summed E-state index contributed by atoms with van der Waals surface area (Å²) in [5.74, 6) is 0.927. The van der Waals surface area contributed by atoms with E-state index in [2.05, 4.69) is 66.6 Å². The molecule has 0 radical (unpaired) electrons. The van der Waals surface area contributed by atoms with Crippen molar-refractivity contribution in [1.82, 2.24) is 15.5 Å². The molecule has 1 aromatic carbocycles. The van der Waals surface area contributed by atoms with E-state index in [4.69, 9.17) is 9.73 Å². The van der Waals surface area contributed by atoms with E-state index in [1.165, 1.54) is 16.8 Å². The second-order valence-electron chi connectivity index (χ2n) is 7.81. The quantitative estimate of drug-likeness (QED) is 0.228. The first-order valence-electron chi connectivity index (χ1n) is 10.6. The Morgan fingerprint density at radius 2 is 2.00 bits per heavy atom. The van der Waals surface area contributed by atoms with E-state index in [0.29, 0.717) is 12.6 Å². The minimum absolute atomic E-state index is 0. The maximum atomic E-state index is 5.16. The molecule has 0 amide bonds. The van der Waals surface area contributed by atoms with Crippen molar-refractivity contribution in [3.8, 4) is 0 Å². The number of hydrogen-bond donors (Lipinski definition) is 2. The SMILES string of the molecule is CCNC(=NCc1ccc(N(C)C)cc1C)NC1CCN(CCCOC)CC1.I. The van der Waals surface area contributed by atoms with Crippen LogP contribution in [0.3, 0.4) is 0 Å². The maximum absolute atomic E-state index is 5.16. The first kappa shape index (κ1) is 26.0. The molecule has 29 heavy (non-hydrogen) atoms. The van der Waals surface area contributed by atoms with Crippen LogP contribution in [0.15, 0.2) is 23.2 Å². The Labute approximate surface area is 194 Å². The summed E-state index contributed by atoms with van der Waals surface area (Å²) < 4.78 is 5.16. The summed E-state index contributed by atoms with van der Waals surface area (Å²) in [6, 6.07) is 7.08. The number of nitrogens with one attached hydrogen (secondary N) is 2. The minimum Gasteiger partial charge on any atom is -0.385 e. The number of methoxy groups -OCH3 is 1. The second kappa shape index (κ2) is 14.0. The van der Waals surface area contributed by atoms with Gasteiger partial charge in [-0.2, -0.15) is 0 Å². The lowest BCUT2D eigenvalue weighted by Crippen LogP contribution is -2.48. The molecule has 7 heteroatoms. The highest BCUT2D eigenvalue weighted by atomic mass is 127. The second-order valence-corrected chi connectivity index (χ2v) is 7.81. The number of halogens is 1. The van der Waals surface area contributed by atoms with E-state index in [0.717, 1.165) is 58.0 Å². The molecule has 0 bridgehead atoms. The Balaban J connectivity index is 0.00000420. The molecule has 1 aliphatic heterocycles. The van der Waals surface area contributed by atoms with Crippen molar-refractivity contribution in [2.24, 2.45) is 4.99 Å². The third-order valence-corrected chi connectivity index (χ3v) is 5.35. The number of likely N-dealkylation sites (tertiary alicyclic amines) is 1. The zero-order valence-electron chi connectivity index (χ0n) is 18.8. The molecule has 0 aromatic heterocycles. The molecule has 0 spiro atoms. The Bertz CT molecular complexity index is 615. The number of aliphatic imine (C=N–C) groups is 1. The summed E-state index contributed by atoms with van der Waals surface area (Å²) >= 11 is 0. The van der Waals surface area contributed by atoms with Crippen molar-refractivity contribution < 1.29 is 4.74 Å². The zero-order valence-corrected chi connectivity index (χ0v) is 21.2. The Hall–Kier alpha value is -1.06. The van der Waals surface area contributed by atoms with E-state index in [1.807, 2.05) is 0 Å². The molecule has 0 unspecified atom stereocenters. The number of aryl methyl sites for hydroxylation is 1. The lowest BCUT2D eigenvalue weighted by Gasteiger charge is -2.33. The van der Waals surface area contributed by atoms with E-state index in [1.54, 1.807) is 7.11 Å². The molecule has 1 aromatic rings. The average Bonchev–Trinajstić information content (AvgIpc) is 2.68. The van der Waals surface area contributed by atoms with E-state index >= 15 is 0 Å². The maximum Gasteiger partial charge on any atom is 0.191 e. The van der Waals surface area contributed by atoms with Crippen LogP contribution in [0.2, 0.25) is 0 Å². The molecule has 2 N–H and O–H groups in total. The molecule has 6 nitrogen and oxygen atoms in total. The number of hydrogen-bond acceptors (Lipinski definition) is 4. The summed E-state index contributed by atoms with van der Waals surface area (Å²) in [6.45, 7) is 10.1. The van der Waals surface area contributed by atoms with E-state index in [-0.39, 0.29) is 24.0 Å². The number of nitrogens with zero attached hydrogens (tertiary/aromatic N) is 3. The van der Waals surface area contributed by atoms with Crippen LogP contribution in [0.5, 0.6) is 0 Å². The number of rotatable bonds is 9. The van der Waals surface area contributed by atoms with Gasteiger partial charge in [0.15, 0.2) is 5.96 Å². The van der Waals surface area contributed by atoms with Gasteiger partial charge >= 0.3 is 0 Å². The summed E-state index contributed by atoms with van der Waals surface area (Å²) in [7, 11) is 5.92. The van der Waals surface area contributed by atoms with Crippen LogP contribution in [0, 0.1) is 6.92 Å². The molecule has 1 saturated heterocycles. The summed E-state index contributed by atoms with van der Waals surface area (Å²) in [6.07, 6.45) is 3.44. The molecule has 166 valence electrons. The Kier molecular flexibility index (Phi) is 12.6. The van der Waals surface area contributed by atoms with Gasteiger partial charge in [-0.3, -0.25) is 0 Å². The van der Waals surface area contributed by atoms with Crippen LogP contribution < -0.4 is 15.5 Å². The van der Waals surface area contributed by atoms with E-state index < -0.39 is 0 Å². The predicted octanol–water partition coefficient (Wildman–Crippen LogP) is 3.24. The van der Waals surface area contributed by atoms with Crippen molar-refractivity contribution in [3.05, 3.63) is 29.3 Å². The molecule has 0 atom stereocenters. The van der Waals surface area contributed by atoms with Gasteiger partial charge in [0.2, 0.25) is 0 Å². The minimum atomic E-state index is 0. The predicted molar refractivity (Wildman–Crippen MR) is 135 cm³/mol. The fraction of sp³-hybridized carbons (Fsp3) is 0.682. The molecule has 1 aliphatic rings. The molecule has 0 saturated carbocycles. The van der Waals surface area contributed by atoms with Crippen LogP contribution in [0.4, 0.5) is 5.69 Å². The first-order chi connectivity index (χ1) is 13.5. The van der Waals surface area contributed by atoms with Gasteiger partial charge in [0, 0.05) is 65.7 Å². The molecule has 1 heterocycles. The Morgan fingerprint density at radius 1 is 1.28 bits per heavy atom. The Morgan fingerprint density at radius 3 is 2.59 bits per heavy atom. The lowest BCUT2D eigenvalue weighted by atomic mass is 10.1. The topological polar surface area (TPSA) is 52.1 Å². The van der Waals surface area contributed by atoms with Gasteiger partial charge < -0.3 is 25.2 Å². The number of piperidine rings is 1. The van der Waals surface area contributed by atoms with Gasteiger partial charge in [-0.1, -0.05) is 6.07 Å². The number of ether oxygens (including phenoxy) is 1. The van der Waals surface area contributed by atoms with Crippen LogP contribution >= 0.6 is 24.0 Å². The zero-order chi connectivity index (χ0) is 20.4. The van der Waals surface area contributed by atoms with Crippen molar-refractivity contribution in [3.63, 3.8) is 0 Å². The fourth-order valence-electron chi connectivity index (χ4n) is 3.55. The smallest absolute Gasteiger partial charge is 0.191 e. The van der Waals surface area contributed by atoms with Gasteiger partial charge in [0.05, 0.1) is 6.54 Å².